The molecule has 0 aliphatic heterocycles. The predicted octanol–water partition coefficient (Wildman–Crippen LogP) is 1.05. The van der Waals surface area contributed by atoms with E-state index in [1.54, 1.807) is 0 Å². The fraction of sp³-hybridized carbons (Fsp3) is 0.824. The maximum absolute atomic E-state index is 12.4. The van der Waals surface area contributed by atoms with Crippen molar-refractivity contribution in [2.75, 3.05) is 0 Å². The van der Waals surface area contributed by atoms with E-state index in [1.165, 1.54) is 6.92 Å². The van der Waals surface area contributed by atoms with Crippen LogP contribution in [0.3, 0.4) is 0 Å². The van der Waals surface area contributed by atoms with E-state index in [9.17, 15) is 14.4 Å². The van der Waals surface area contributed by atoms with Crippen molar-refractivity contribution in [1.82, 2.24) is 5.32 Å². The Hall–Kier alpha value is -1.63. The van der Waals surface area contributed by atoms with Crippen molar-refractivity contribution in [2.24, 2.45) is 22.5 Å². The Bertz CT molecular complexity index is 542. The molecule has 2 bridgehead atoms. The number of carboxylic acid groups (broad SMARTS) is 1. The molecule has 2 rings (SSSR count). The number of rotatable bonds is 6. The highest BCUT2D eigenvalue weighted by molar-refractivity contribution is 5.89. The number of hydrogen-bond donors (Lipinski definition) is 3. The van der Waals surface area contributed by atoms with E-state index < -0.39 is 36.4 Å². The summed E-state index contributed by atoms with van der Waals surface area (Å²) in [7, 11) is 0. The summed E-state index contributed by atoms with van der Waals surface area (Å²) in [6.45, 7) is 7.94. The predicted molar refractivity (Wildman–Crippen MR) is 86.9 cm³/mol. The molecule has 0 aromatic rings. The highest BCUT2D eigenvalue weighted by atomic mass is 16.5. The summed E-state index contributed by atoms with van der Waals surface area (Å²) in [6.07, 6.45) is 2.60. The van der Waals surface area contributed by atoms with Crippen molar-refractivity contribution >= 4 is 17.8 Å². The Morgan fingerprint density at radius 3 is 2.46 bits per heavy atom. The van der Waals surface area contributed by atoms with Crippen LogP contribution in [0.15, 0.2) is 0 Å². The number of esters is 1. The molecule has 5 atom stereocenters. The number of carbonyl (C=O) groups is 3. The van der Waals surface area contributed by atoms with E-state index in [1.807, 2.05) is 0 Å². The number of hydrogen-bond acceptors (Lipinski definition) is 5. The zero-order chi connectivity index (χ0) is 18.3. The molecule has 136 valence electrons. The van der Waals surface area contributed by atoms with E-state index in [-0.39, 0.29) is 16.9 Å². The number of fused-ring (bicyclic) bond motifs is 2. The van der Waals surface area contributed by atoms with Gasteiger partial charge in [0, 0.05) is 10.8 Å². The minimum absolute atomic E-state index is 0.00668. The first-order valence-corrected chi connectivity index (χ1v) is 8.45. The van der Waals surface area contributed by atoms with Crippen LogP contribution < -0.4 is 11.1 Å². The molecule has 0 radical (unpaired) electrons. The number of nitrogens with one attached hydrogen (secondary N) is 1. The Balaban J connectivity index is 1.95. The molecule has 2 aliphatic rings. The molecular formula is C17H28N2O5. The largest absolute Gasteiger partial charge is 0.481 e. The Morgan fingerprint density at radius 1 is 1.33 bits per heavy atom. The first-order chi connectivity index (χ1) is 11.0. The minimum atomic E-state index is -1.19. The number of ether oxygens (including phenoxy) is 1. The van der Waals surface area contributed by atoms with Gasteiger partial charge in [0.1, 0.15) is 12.1 Å². The lowest BCUT2D eigenvalue weighted by molar-refractivity contribution is -0.167. The topological polar surface area (TPSA) is 119 Å². The maximum atomic E-state index is 12.4. The molecular weight excluding hydrogens is 312 g/mol. The standard InChI is InChI=1S/C17H28N2O5/c1-9(19-13(22)11(18)7-12(20)21)14(23)24-15-16(2,3)10-5-6-17(15,4)8-10/h9-11,15H,5-8,18H2,1-4H3,(H,19,22)(H,20,21)/t9-,10+,11+,15-,17-/m1/s1. The lowest BCUT2D eigenvalue weighted by Gasteiger charge is -2.42. The summed E-state index contributed by atoms with van der Waals surface area (Å²) in [5, 5.41) is 11.1. The van der Waals surface area contributed by atoms with Crippen LogP contribution in [0.25, 0.3) is 0 Å². The van der Waals surface area contributed by atoms with Gasteiger partial charge in [0.15, 0.2) is 0 Å². The van der Waals surface area contributed by atoms with Gasteiger partial charge >= 0.3 is 11.9 Å². The van der Waals surface area contributed by atoms with Crippen molar-refractivity contribution in [1.29, 1.82) is 0 Å². The third kappa shape index (κ3) is 3.41. The monoisotopic (exact) mass is 340 g/mol. The number of aliphatic carboxylic acids is 1. The molecule has 0 spiro atoms. The minimum Gasteiger partial charge on any atom is -0.481 e. The van der Waals surface area contributed by atoms with Crippen LogP contribution >= 0.6 is 0 Å². The van der Waals surface area contributed by atoms with Gasteiger partial charge in [0.2, 0.25) is 5.91 Å². The maximum Gasteiger partial charge on any atom is 0.328 e. The molecule has 24 heavy (non-hydrogen) atoms. The Kier molecular flexibility index (Phi) is 4.95. The summed E-state index contributed by atoms with van der Waals surface area (Å²) < 4.78 is 5.78. The van der Waals surface area contributed by atoms with E-state index in [4.69, 9.17) is 15.6 Å². The molecule has 2 fully saturated rings. The van der Waals surface area contributed by atoms with Gasteiger partial charge in [-0.25, -0.2) is 4.79 Å². The lowest BCUT2D eigenvalue weighted by Crippen LogP contribution is -2.51. The molecule has 2 aliphatic carbocycles. The van der Waals surface area contributed by atoms with Gasteiger partial charge in [-0.3, -0.25) is 9.59 Å². The van der Waals surface area contributed by atoms with Crippen molar-refractivity contribution in [3.63, 3.8) is 0 Å². The summed E-state index contributed by atoms with van der Waals surface area (Å²) >= 11 is 0. The number of carboxylic acids is 1. The summed E-state index contributed by atoms with van der Waals surface area (Å²) in [5.41, 5.74) is 5.41. The van der Waals surface area contributed by atoms with Crippen molar-refractivity contribution in [3.8, 4) is 0 Å². The summed E-state index contributed by atoms with van der Waals surface area (Å²) in [5.74, 6) is -1.78. The summed E-state index contributed by atoms with van der Waals surface area (Å²) in [6, 6.07) is -2.05. The average Bonchev–Trinajstić information content (AvgIpc) is 2.93. The molecule has 0 saturated heterocycles. The van der Waals surface area contributed by atoms with Crippen LogP contribution in [0.1, 0.15) is 53.4 Å². The van der Waals surface area contributed by atoms with Crippen molar-refractivity contribution in [3.05, 3.63) is 0 Å². The number of amides is 1. The third-order valence-corrected chi connectivity index (χ3v) is 5.82. The molecule has 1 amide bonds. The van der Waals surface area contributed by atoms with Crippen LogP contribution in [0.5, 0.6) is 0 Å². The Labute approximate surface area is 142 Å². The van der Waals surface area contributed by atoms with Crippen molar-refractivity contribution < 1.29 is 24.2 Å². The third-order valence-electron chi connectivity index (χ3n) is 5.82. The second kappa shape index (κ2) is 6.35. The zero-order valence-electron chi connectivity index (χ0n) is 14.8. The normalized spacial score (nSPS) is 32.9. The smallest absolute Gasteiger partial charge is 0.328 e. The first kappa shape index (κ1) is 18.7. The second-order valence-electron chi connectivity index (χ2n) is 8.17. The van der Waals surface area contributed by atoms with Crippen LogP contribution in [-0.4, -0.2) is 41.1 Å². The van der Waals surface area contributed by atoms with E-state index in [2.05, 4.69) is 26.1 Å². The van der Waals surface area contributed by atoms with Crippen LogP contribution in [0.2, 0.25) is 0 Å². The number of carbonyl (C=O) groups excluding carboxylic acids is 2. The molecule has 7 nitrogen and oxygen atoms in total. The molecule has 0 heterocycles. The number of nitrogens with two attached hydrogens (primary N) is 1. The van der Waals surface area contributed by atoms with Gasteiger partial charge < -0.3 is 20.9 Å². The molecule has 0 aromatic carbocycles. The summed E-state index contributed by atoms with van der Waals surface area (Å²) in [4.78, 5) is 34.8. The molecule has 0 aromatic heterocycles. The van der Waals surface area contributed by atoms with Gasteiger partial charge in [0.25, 0.3) is 0 Å². The van der Waals surface area contributed by atoms with E-state index in [0.29, 0.717) is 5.92 Å². The van der Waals surface area contributed by atoms with E-state index >= 15 is 0 Å². The fourth-order valence-corrected chi connectivity index (χ4v) is 4.43. The SMILES string of the molecule is C[C@@H](NC(=O)[C@@H](N)CC(=O)O)C(=O)O[C@@H]1C(C)(C)[C@H]2CC[C@]1(C)C2. The highest BCUT2D eigenvalue weighted by Crippen LogP contribution is 2.63. The lowest BCUT2D eigenvalue weighted by atomic mass is 9.70. The molecule has 2 saturated carbocycles. The van der Waals surface area contributed by atoms with Crippen LogP contribution in [-0.2, 0) is 19.1 Å². The second-order valence-corrected chi connectivity index (χ2v) is 8.17. The van der Waals surface area contributed by atoms with Gasteiger partial charge in [-0.05, 0) is 32.1 Å². The Morgan fingerprint density at radius 2 is 1.96 bits per heavy atom. The molecule has 0 unspecified atom stereocenters. The van der Waals surface area contributed by atoms with E-state index in [0.717, 1.165) is 19.3 Å². The van der Waals surface area contributed by atoms with Crippen molar-refractivity contribution in [2.45, 2.75) is 71.6 Å². The molecule has 7 heteroatoms. The van der Waals surface area contributed by atoms with Crippen LogP contribution in [0.4, 0.5) is 0 Å². The van der Waals surface area contributed by atoms with Gasteiger partial charge in [0.05, 0.1) is 12.5 Å². The average molecular weight is 340 g/mol. The first-order valence-electron chi connectivity index (χ1n) is 8.45. The molecule has 4 N–H and O–H groups in total. The quantitative estimate of drug-likeness (QED) is 0.622. The fourth-order valence-electron chi connectivity index (χ4n) is 4.43. The van der Waals surface area contributed by atoms with Crippen LogP contribution in [0, 0.1) is 16.7 Å². The van der Waals surface area contributed by atoms with Gasteiger partial charge in [-0.1, -0.05) is 20.8 Å². The zero-order valence-corrected chi connectivity index (χ0v) is 14.8. The van der Waals surface area contributed by atoms with Gasteiger partial charge in [-0.2, -0.15) is 0 Å². The highest BCUT2D eigenvalue weighted by Gasteiger charge is 2.61. The van der Waals surface area contributed by atoms with Gasteiger partial charge in [-0.15, -0.1) is 0 Å².